The van der Waals surface area contributed by atoms with E-state index in [0.29, 0.717) is 0 Å². The highest BCUT2D eigenvalue weighted by molar-refractivity contribution is 5.74. The van der Waals surface area contributed by atoms with Crippen LogP contribution in [0.15, 0.2) is 73.2 Å². The van der Waals surface area contributed by atoms with Gasteiger partial charge in [-0.3, -0.25) is 0 Å². The summed E-state index contributed by atoms with van der Waals surface area (Å²) in [6.45, 7) is 0.757. The Kier molecular flexibility index (Phi) is 3.48. The van der Waals surface area contributed by atoms with Crippen molar-refractivity contribution in [3.63, 3.8) is 0 Å². The SMILES string of the molecule is c1ccc(-c2ccc(CNc3cnc4[nH]cnc4c3)cc2)cc1. The molecule has 2 aromatic heterocycles. The number of nitrogens with one attached hydrogen (secondary N) is 2. The van der Waals surface area contributed by atoms with Crippen molar-refractivity contribution in [2.24, 2.45) is 0 Å². The van der Waals surface area contributed by atoms with Crippen molar-refractivity contribution in [2.75, 3.05) is 5.32 Å². The molecule has 2 aromatic carbocycles. The second-order valence-electron chi connectivity index (χ2n) is 5.41. The summed E-state index contributed by atoms with van der Waals surface area (Å²) >= 11 is 0. The summed E-state index contributed by atoms with van der Waals surface area (Å²) in [5.74, 6) is 0. The lowest BCUT2D eigenvalue weighted by atomic mass is 10.0. The van der Waals surface area contributed by atoms with Gasteiger partial charge < -0.3 is 10.3 Å². The van der Waals surface area contributed by atoms with Crippen LogP contribution in [0.25, 0.3) is 22.3 Å². The normalized spacial score (nSPS) is 10.8. The first-order valence-corrected chi connectivity index (χ1v) is 7.56. The van der Waals surface area contributed by atoms with Gasteiger partial charge in [-0.15, -0.1) is 0 Å². The Hall–Kier alpha value is -3.14. The highest BCUT2D eigenvalue weighted by atomic mass is 15.0. The number of imidazole rings is 1. The number of anilines is 1. The lowest BCUT2D eigenvalue weighted by Gasteiger charge is -2.07. The fraction of sp³-hybridized carbons (Fsp3) is 0.0526. The number of benzene rings is 2. The zero-order chi connectivity index (χ0) is 15.5. The van der Waals surface area contributed by atoms with Gasteiger partial charge in [0, 0.05) is 6.54 Å². The van der Waals surface area contributed by atoms with Crippen molar-refractivity contribution in [1.29, 1.82) is 0 Å². The van der Waals surface area contributed by atoms with Crippen molar-refractivity contribution in [3.8, 4) is 11.1 Å². The molecule has 0 atom stereocenters. The number of fused-ring (bicyclic) bond motifs is 1. The van der Waals surface area contributed by atoms with Gasteiger partial charge in [0.05, 0.1) is 18.2 Å². The molecule has 0 radical (unpaired) electrons. The van der Waals surface area contributed by atoms with E-state index in [9.17, 15) is 0 Å². The zero-order valence-electron chi connectivity index (χ0n) is 12.5. The zero-order valence-corrected chi connectivity index (χ0v) is 12.5. The summed E-state index contributed by atoms with van der Waals surface area (Å²) in [4.78, 5) is 11.5. The molecule has 0 bridgehead atoms. The minimum absolute atomic E-state index is 0.757. The van der Waals surface area contributed by atoms with E-state index >= 15 is 0 Å². The van der Waals surface area contributed by atoms with E-state index in [1.165, 1.54) is 16.7 Å². The van der Waals surface area contributed by atoms with Crippen LogP contribution < -0.4 is 5.32 Å². The number of nitrogens with zero attached hydrogens (tertiary/aromatic N) is 2. The van der Waals surface area contributed by atoms with E-state index in [1.54, 1.807) is 6.33 Å². The Morgan fingerprint density at radius 2 is 1.65 bits per heavy atom. The summed E-state index contributed by atoms with van der Waals surface area (Å²) < 4.78 is 0. The summed E-state index contributed by atoms with van der Waals surface area (Å²) in [5.41, 5.74) is 6.34. The summed E-state index contributed by atoms with van der Waals surface area (Å²) in [5, 5.41) is 3.39. The maximum absolute atomic E-state index is 4.33. The molecule has 0 aliphatic carbocycles. The molecular formula is C19H16N4. The van der Waals surface area contributed by atoms with Crippen LogP contribution in [0.4, 0.5) is 5.69 Å². The second-order valence-corrected chi connectivity index (χ2v) is 5.41. The van der Waals surface area contributed by atoms with Crippen molar-refractivity contribution in [3.05, 3.63) is 78.8 Å². The molecule has 0 fully saturated rings. The molecule has 0 saturated heterocycles. The Labute approximate surface area is 134 Å². The first kappa shape index (κ1) is 13.5. The standard InChI is InChI=1S/C19H16N4/c1-2-4-15(5-3-1)16-8-6-14(7-9-16)11-20-17-10-18-19(21-12-17)23-13-22-18/h1-10,12-13,20H,11H2,(H,21,22,23). The van der Waals surface area contributed by atoms with Crippen LogP contribution in [0, 0.1) is 0 Å². The highest BCUT2D eigenvalue weighted by Crippen LogP contribution is 2.20. The minimum atomic E-state index is 0.757. The molecule has 4 heteroatoms. The Morgan fingerprint density at radius 3 is 2.48 bits per heavy atom. The van der Waals surface area contributed by atoms with Crippen LogP contribution >= 0.6 is 0 Å². The highest BCUT2D eigenvalue weighted by Gasteiger charge is 2.01. The average molecular weight is 300 g/mol. The molecule has 23 heavy (non-hydrogen) atoms. The Bertz CT molecular complexity index is 911. The van der Waals surface area contributed by atoms with E-state index in [2.05, 4.69) is 68.8 Å². The molecular weight excluding hydrogens is 284 g/mol. The van der Waals surface area contributed by atoms with E-state index < -0.39 is 0 Å². The van der Waals surface area contributed by atoms with Crippen LogP contribution in [0.5, 0.6) is 0 Å². The third-order valence-corrected chi connectivity index (χ3v) is 3.83. The second kappa shape index (κ2) is 5.93. The number of aromatic amines is 1. The van der Waals surface area contributed by atoms with E-state index in [0.717, 1.165) is 23.4 Å². The van der Waals surface area contributed by atoms with Gasteiger partial charge in [0.15, 0.2) is 5.65 Å². The van der Waals surface area contributed by atoms with Gasteiger partial charge in [-0.2, -0.15) is 0 Å². The Morgan fingerprint density at radius 1 is 0.870 bits per heavy atom. The Balaban J connectivity index is 1.46. The van der Waals surface area contributed by atoms with Crippen LogP contribution in [-0.2, 0) is 6.54 Å². The van der Waals surface area contributed by atoms with Gasteiger partial charge in [-0.1, -0.05) is 54.6 Å². The smallest absolute Gasteiger partial charge is 0.157 e. The largest absolute Gasteiger partial charge is 0.380 e. The van der Waals surface area contributed by atoms with Gasteiger partial charge in [0.2, 0.25) is 0 Å². The maximum Gasteiger partial charge on any atom is 0.157 e. The predicted octanol–water partition coefficient (Wildman–Crippen LogP) is 4.24. The molecule has 4 rings (SSSR count). The van der Waals surface area contributed by atoms with Crippen molar-refractivity contribution < 1.29 is 0 Å². The van der Waals surface area contributed by atoms with E-state index in [4.69, 9.17) is 0 Å². The predicted molar refractivity (Wildman–Crippen MR) is 93.1 cm³/mol. The lowest BCUT2D eigenvalue weighted by Crippen LogP contribution is -1.99. The van der Waals surface area contributed by atoms with Gasteiger partial charge >= 0.3 is 0 Å². The lowest BCUT2D eigenvalue weighted by molar-refractivity contribution is 1.14. The van der Waals surface area contributed by atoms with Crippen LogP contribution in [0.1, 0.15) is 5.56 Å². The van der Waals surface area contributed by atoms with Gasteiger partial charge in [-0.25, -0.2) is 9.97 Å². The summed E-state index contributed by atoms with van der Waals surface area (Å²) in [7, 11) is 0. The topological polar surface area (TPSA) is 53.6 Å². The number of hydrogen-bond donors (Lipinski definition) is 2. The molecule has 112 valence electrons. The number of rotatable bonds is 4. The average Bonchev–Trinajstić information content (AvgIpc) is 3.09. The minimum Gasteiger partial charge on any atom is -0.380 e. The molecule has 0 spiro atoms. The molecule has 0 aliphatic rings. The monoisotopic (exact) mass is 300 g/mol. The van der Waals surface area contributed by atoms with E-state index in [1.807, 2.05) is 18.3 Å². The molecule has 0 amide bonds. The fourth-order valence-electron chi connectivity index (χ4n) is 2.57. The quantitative estimate of drug-likeness (QED) is 0.593. The molecule has 0 unspecified atom stereocenters. The number of H-pyrrole nitrogens is 1. The number of aromatic nitrogens is 3. The third kappa shape index (κ3) is 2.92. The number of hydrogen-bond acceptors (Lipinski definition) is 3. The first-order valence-electron chi connectivity index (χ1n) is 7.56. The first-order chi connectivity index (χ1) is 11.4. The summed E-state index contributed by atoms with van der Waals surface area (Å²) in [6, 6.07) is 21.0. The fourth-order valence-corrected chi connectivity index (χ4v) is 2.57. The van der Waals surface area contributed by atoms with Gasteiger partial charge in [-0.05, 0) is 22.8 Å². The molecule has 4 aromatic rings. The molecule has 2 heterocycles. The molecule has 2 N–H and O–H groups in total. The van der Waals surface area contributed by atoms with Crippen molar-refractivity contribution in [1.82, 2.24) is 15.0 Å². The molecule has 0 saturated carbocycles. The van der Waals surface area contributed by atoms with Crippen LogP contribution in [-0.4, -0.2) is 15.0 Å². The summed E-state index contributed by atoms with van der Waals surface area (Å²) in [6.07, 6.45) is 3.47. The van der Waals surface area contributed by atoms with Crippen molar-refractivity contribution in [2.45, 2.75) is 6.54 Å². The maximum atomic E-state index is 4.33. The molecule has 0 aliphatic heterocycles. The van der Waals surface area contributed by atoms with Gasteiger partial charge in [0.25, 0.3) is 0 Å². The van der Waals surface area contributed by atoms with Crippen molar-refractivity contribution >= 4 is 16.9 Å². The number of pyridine rings is 1. The third-order valence-electron chi connectivity index (χ3n) is 3.83. The van der Waals surface area contributed by atoms with Crippen LogP contribution in [0.2, 0.25) is 0 Å². The molecule has 4 nitrogen and oxygen atoms in total. The van der Waals surface area contributed by atoms with Crippen LogP contribution in [0.3, 0.4) is 0 Å². The van der Waals surface area contributed by atoms with Gasteiger partial charge in [0.1, 0.15) is 5.52 Å². The van der Waals surface area contributed by atoms with E-state index in [-0.39, 0.29) is 0 Å².